The molecule has 4 aromatic rings. The van der Waals surface area contributed by atoms with Gasteiger partial charge in [-0.3, -0.25) is 4.79 Å². The lowest BCUT2D eigenvalue weighted by molar-refractivity contribution is -0.130. The first-order chi connectivity index (χ1) is 17.3. The number of carbonyl (C=O) groups excluding carboxylic acids is 2. The van der Waals surface area contributed by atoms with Crippen LogP contribution in [0.4, 0.5) is 5.69 Å². The number of nitrogens with one attached hydrogen (secondary N) is 2. The maximum Gasteiger partial charge on any atom is 0.355 e. The normalized spacial score (nSPS) is 11.4. The van der Waals surface area contributed by atoms with Crippen molar-refractivity contribution in [2.24, 2.45) is 0 Å². The number of esters is 1. The highest BCUT2D eigenvalue weighted by Crippen LogP contribution is 2.35. The predicted molar refractivity (Wildman–Crippen MR) is 141 cm³/mol. The summed E-state index contributed by atoms with van der Waals surface area (Å²) >= 11 is 12.5. The van der Waals surface area contributed by atoms with Crippen LogP contribution in [0.3, 0.4) is 0 Å². The van der Waals surface area contributed by atoms with E-state index in [4.69, 9.17) is 27.9 Å². The molecule has 0 aliphatic carbocycles. The molecular formula is C27H20Cl2N2O5. The second-order valence-electron chi connectivity index (χ2n) is 7.70. The molecule has 3 aromatic carbocycles. The van der Waals surface area contributed by atoms with Crippen molar-refractivity contribution in [3.05, 3.63) is 99.2 Å². The molecule has 7 nitrogen and oxygen atoms in total. The van der Waals surface area contributed by atoms with E-state index < -0.39 is 11.9 Å². The number of amides is 1. The Morgan fingerprint density at radius 2 is 1.69 bits per heavy atom. The van der Waals surface area contributed by atoms with Gasteiger partial charge < -0.3 is 20.1 Å². The van der Waals surface area contributed by atoms with Crippen LogP contribution in [0.15, 0.2) is 66.7 Å². The van der Waals surface area contributed by atoms with Gasteiger partial charge in [0.25, 0.3) is 5.91 Å². The summed E-state index contributed by atoms with van der Waals surface area (Å²) in [5.74, 6) is -2.16. The number of carboxylic acids is 1. The molecule has 0 radical (unpaired) electrons. The second kappa shape index (κ2) is 10.7. The minimum Gasteiger partial charge on any atom is -0.478 e. The minimum absolute atomic E-state index is 0.0570. The van der Waals surface area contributed by atoms with E-state index in [0.717, 1.165) is 0 Å². The first-order valence-electron chi connectivity index (χ1n) is 10.9. The summed E-state index contributed by atoms with van der Waals surface area (Å²) in [4.78, 5) is 40.2. The smallest absolute Gasteiger partial charge is 0.355 e. The molecule has 0 saturated carbocycles. The van der Waals surface area contributed by atoms with Crippen molar-refractivity contribution >= 4 is 69.3 Å². The van der Waals surface area contributed by atoms with Crippen LogP contribution in [0.2, 0.25) is 10.0 Å². The number of fused-ring (bicyclic) bond motifs is 1. The largest absolute Gasteiger partial charge is 0.478 e. The van der Waals surface area contributed by atoms with Crippen LogP contribution in [-0.2, 0) is 9.53 Å². The molecule has 0 aliphatic rings. The number of carbonyl (C=O) groups is 3. The van der Waals surface area contributed by atoms with Crippen molar-refractivity contribution in [1.82, 2.24) is 4.98 Å². The number of hydrogen-bond acceptors (Lipinski definition) is 4. The lowest BCUT2D eigenvalue weighted by Gasteiger charge is -2.08. The number of aliphatic carboxylic acids is 1. The van der Waals surface area contributed by atoms with Gasteiger partial charge in [0.2, 0.25) is 0 Å². The van der Waals surface area contributed by atoms with Gasteiger partial charge in [0, 0.05) is 32.7 Å². The number of rotatable bonds is 7. The summed E-state index contributed by atoms with van der Waals surface area (Å²) in [5, 5.41) is 13.8. The van der Waals surface area contributed by atoms with E-state index in [2.05, 4.69) is 10.3 Å². The Morgan fingerprint density at radius 1 is 1.00 bits per heavy atom. The maximum atomic E-state index is 12.6. The molecule has 9 heteroatoms. The molecule has 0 fully saturated rings. The molecule has 0 bridgehead atoms. The molecule has 182 valence electrons. The molecule has 0 spiro atoms. The molecule has 1 heterocycles. The Bertz CT molecular complexity index is 1490. The maximum absolute atomic E-state index is 12.6. The molecule has 1 amide bonds. The monoisotopic (exact) mass is 522 g/mol. The van der Waals surface area contributed by atoms with Crippen LogP contribution in [0.25, 0.3) is 22.6 Å². The van der Waals surface area contributed by atoms with Gasteiger partial charge in [-0.25, -0.2) is 9.59 Å². The highest BCUT2D eigenvalue weighted by molar-refractivity contribution is 6.39. The highest BCUT2D eigenvalue weighted by atomic mass is 35.5. The van der Waals surface area contributed by atoms with Gasteiger partial charge in [-0.15, -0.1) is 0 Å². The van der Waals surface area contributed by atoms with E-state index in [9.17, 15) is 19.5 Å². The van der Waals surface area contributed by atoms with Gasteiger partial charge in [0.15, 0.2) is 0 Å². The molecule has 3 N–H and O–H groups in total. The first kappa shape index (κ1) is 25.0. The Morgan fingerprint density at radius 3 is 2.33 bits per heavy atom. The van der Waals surface area contributed by atoms with Crippen LogP contribution >= 0.6 is 23.2 Å². The van der Waals surface area contributed by atoms with Gasteiger partial charge in [-0.2, -0.15) is 0 Å². The molecule has 0 saturated heterocycles. The summed E-state index contributed by atoms with van der Waals surface area (Å²) < 4.78 is 5.14. The zero-order valence-electron chi connectivity index (χ0n) is 19.0. The summed E-state index contributed by atoms with van der Waals surface area (Å²) in [5.41, 5.74) is 2.05. The molecule has 0 atom stereocenters. The summed E-state index contributed by atoms with van der Waals surface area (Å²) in [6.07, 6.45) is 1.37. The predicted octanol–water partition coefficient (Wildman–Crippen LogP) is 6.53. The van der Waals surface area contributed by atoms with E-state index in [1.807, 2.05) is 6.07 Å². The molecule has 36 heavy (non-hydrogen) atoms. The number of benzene rings is 3. The van der Waals surface area contributed by atoms with Crippen molar-refractivity contribution in [2.45, 2.75) is 6.92 Å². The fraction of sp³-hybridized carbons (Fsp3) is 0.0741. The Balaban J connectivity index is 1.75. The first-order valence-corrected chi connectivity index (χ1v) is 11.6. The number of halogens is 2. The van der Waals surface area contributed by atoms with E-state index in [0.29, 0.717) is 32.7 Å². The van der Waals surface area contributed by atoms with Crippen molar-refractivity contribution in [2.75, 3.05) is 11.9 Å². The number of ether oxygens (including phenoxy) is 1. The lowest BCUT2D eigenvalue weighted by atomic mass is 10.0. The fourth-order valence-electron chi connectivity index (χ4n) is 3.72. The third kappa shape index (κ3) is 5.27. The molecule has 0 aliphatic heterocycles. The zero-order valence-corrected chi connectivity index (χ0v) is 20.5. The van der Waals surface area contributed by atoms with Crippen molar-refractivity contribution in [1.29, 1.82) is 0 Å². The quantitative estimate of drug-likeness (QED) is 0.189. The van der Waals surface area contributed by atoms with Crippen molar-refractivity contribution < 1.29 is 24.2 Å². The van der Waals surface area contributed by atoms with Gasteiger partial charge in [-0.1, -0.05) is 53.5 Å². The molecular weight excluding hydrogens is 503 g/mol. The Hall–Kier alpha value is -4.07. The highest BCUT2D eigenvalue weighted by Gasteiger charge is 2.22. The molecule has 4 rings (SSSR count). The summed E-state index contributed by atoms with van der Waals surface area (Å²) in [6, 6.07) is 18.1. The summed E-state index contributed by atoms with van der Waals surface area (Å²) in [6.45, 7) is 1.80. The fourth-order valence-corrected chi connectivity index (χ4v) is 4.32. The third-order valence-corrected chi connectivity index (χ3v) is 5.86. The van der Waals surface area contributed by atoms with Crippen LogP contribution < -0.4 is 5.32 Å². The van der Waals surface area contributed by atoms with Crippen LogP contribution in [0.1, 0.15) is 38.9 Å². The van der Waals surface area contributed by atoms with Crippen LogP contribution in [-0.4, -0.2) is 34.5 Å². The SMILES string of the molecule is CCOC(=O)c1[nH]c2cc(Cl)cc(Cl)c2c1C=C(C(=O)O)c1ccc(NC(=O)c2ccccc2)cc1. The second-order valence-corrected chi connectivity index (χ2v) is 8.55. The van der Waals surface area contributed by atoms with Crippen molar-refractivity contribution in [3.63, 3.8) is 0 Å². The Kier molecular flexibility index (Phi) is 7.43. The van der Waals surface area contributed by atoms with Gasteiger partial charge in [-0.05, 0) is 55.0 Å². The topological polar surface area (TPSA) is 108 Å². The zero-order chi connectivity index (χ0) is 25.8. The minimum atomic E-state index is -1.22. The number of aromatic amines is 1. The Labute approximate surface area is 216 Å². The number of H-pyrrole nitrogens is 1. The standard InChI is InChI=1S/C27H20Cl2N2O5/c1-2-36-27(35)24-20(23-21(29)12-17(28)13-22(23)31-24)14-19(26(33)34)15-8-10-18(11-9-15)30-25(32)16-6-4-3-5-7-16/h3-14,31H,2H2,1H3,(H,30,32)(H,33,34). The van der Waals surface area contributed by atoms with E-state index in [1.54, 1.807) is 61.5 Å². The number of aromatic nitrogens is 1. The average Bonchev–Trinajstić information content (AvgIpc) is 3.22. The van der Waals surface area contributed by atoms with E-state index >= 15 is 0 Å². The third-order valence-electron chi connectivity index (χ3n) is 5.34. The van der Waals surface area contributed by atoms with Crippen molar-refractivity contribution in [3.8, 4) is 0 Å². The summed E-state index contributed by atoms with van der Waals surface area (Å²) in [7, 11) is 0. The van der Waals surface area contributed by atoms with Crippen LogP contribution in [0.5, 0.6) is 0 Å². The number of hydrogen-bond donors (Lipinski definition) is 3. The lowest BCUT2D eigenvalue weighted by Crippen LogP contribution is -2.11. The number of carboxylic acid groups (broad SMARTS) is 1. The molecule has 0 unspecified atom stereocenters. The van der Waals surface area contributed by atoms with E-state index in [-0.39, 0.29) is 34.4 Å². The van der Waals surface area contributed by atoms with Gasteiger partial charge in [0.05, 0.1) is 17.2 Å². The van der Waals surface area contributed by atoms with Gasteiger partial charge in [0.1, 0.15) is 5.69 Å². The van der Waals surface area contributed by atoms with E-state index in [1.165, 1.54) is 12.1 Å². The molecule has 1 aromatic heterocycles. The number of anilines is 1. The van der Waals surface area contributed by atoms with Gasteiger partial charge >= 0.3 is 11.9 Å². The average molecular weight is 523 g/mol. The van der Waals surface area contributed by atoms with Crippen LogP contribution in [0, 0.1) is 0 Å².